The van der Waals surface area contributed by atoms with Crippen molar-refractivity contribution >= 4 is 17.5 Å². The number of imidazole rings is 1. The van der Waals surface area contributed by atoms with Gasteiger partial charge in [0.25, 0.3) is 5.91 Å². The van der Waals surface area contributed by atoms with Gasteiger partial charge in [0, 0.05) is 49.2 Å². The normalized spacial score (nSPS) is 14.4. The van der Waals surface area contributed by atoms with Crippen LogP contribution in [-0.2, 0) is 17.8 Å². The average molecular weight is 457 g/mol. The smallest absolute Gasteiger partial charge is 0.254 e. The van der Waals surface area contributed by atoms with E-state index in [0.29, 0.717) is 43.4 Å². The van der Waals surface area contributed by atoms with Gasteiger partial charge in [0.15, 0.2) is 0 Å². The summed E-state index contributed by atoms with van der Waals surface area (Å²) in [5.41, 5.74) is 1.31. The first kappa shape index (κ1) is 22.5. The molecule has 0 aliphatic carbocycles. The SMILES string of the molecule is O=C(c1cccc(F)c1)N(CCN1CCOCC1)Cc1nccn1Cc1ccccc1Cl. The van der Waals surface area contributed by atoms with E-state index in [-0.39, 0.29) is 5.91 Å². The maximum absolute atomic E-state index is 13.8. The molecule has 0 radical (unpaired) electrons. The molecule has 0 atom stereocenters. The quantitative estimate of drug-likeness (QED) is 0.518. The summed E-state index contributed by atoms with van der Waals surface area (Å²) in [6, 6.07) is 13.5. The highest BCUT2D eigenvalue weighted by Crippen LogP contribution is 2.18. The Balaban J connectivity index is 1.53. The summed E-state index contributed by atoms with van der Waals surface area (Å²) < 4.78 is 21.2. The van der Waals surface area contributed by atoms with Crippen molar-refractivity contribution in [2.24, 2.45) is 0 Å². The van der Waals surface area contributed by atoms with Crippen molar-refractivity contribution < 1.29 is 13.9 Å². The maximum Gasteiger partial charge on any atom is 0.254 e. The number of rotatable bonds is 8. The van der Waals surface area contributed by atoms with Gasteiger partial charge < -0.3 is 14.2 Å². The van der Waals surface area contributed by atoms with Crippen LogP contribution < -0.4 is 0 Å². The van der Waals surface area contributed by atoms with Gasteiger partial charge >= 0.3 is 0 Å². The number of hydrogen-bond acceptors (Lipinski definition) is 4. The van der Waals surface area contributed by atoms with Gasteiger partial charge in [0.1, 0.15) is 11.6 Å². The van der Waals surface area contributed by atoms with E-state index in [0.717, 1.165) is 31.0 Å². The molecule has 1 fully saturated rings. The standard InChI is InChI=1S/C24H26ClFN4O2/c25-22-7-2-1-4-20(22)17-29-9-8-27-23(29)18-30(11-10-28-12-14-32-15-13-28)24(31)19-5-3-6-21(26)16-19/h1-9,16H,10-15,17-18H2. The Morgan fingerprint density at radius 2 is 1.97 bits per heavy atom. The molecular formula is C24H26ClFN4O2. The fourth-order valence-corrected chi connectivity index (χ4v) is 3.96. The van der Waals surface area contributed by atoms with Crippen LogP contribution in [-0.4, -0.2) is 64.7 Å². The van der Waals surface area contributed by atoms with Crippen molar-refractivity contribution in [1.82, 2.24) is 19.4 Å². The lowest BCUT2D eigenvalue weighted by Gasteiger charge is -2.30. The predicted octanol–water partition coefficient (Wildman–Crippen LogP) is 3.70. The maximum atomic E-state index is 13.8. The van der Waals surface area contributed by atoms with Crippen LogP contribution in [0.25, 0.3) is 0 Å². The molecule has 4 rings (SSSR count). The van der Waals surface area contributed by atoms with E-state index >= 15 is 0 Å². The Bertz CT molecular complexity index is 1050. The molecule has 2 aromatic carbocycles. The van der Waals surface area contributed by atoms with Gasteiger partial charge in [0.2, 0.25) is 0 Å². The third-order valence-electron chi connectivity index (χ3n) is 5.58. The van der Waals surface area contributed by atoms with Crippen molar-refractivity contribution in [1.29, 1.82) is 0 Å². The first-order chi connectivity index (χ1) is 15.6. The molecule has 3 aromatic rings. The van der Waals surface area contributed by atoms with Crippen LogP contribution in [0.4, 0.5) is 4.39 Å². The number of amides is 1. The van der Waals surface area contributed by atoms with Crippen LogP contribution in [0.2, 0.25) is 5.02 Å². The Morgan fingerprint density at radius 3 is 2.75 bits per heavy atom. The van der Waals surface area contributed by atoms with E-state index in [1.165, 1.54) is 12.1 Å². The number of aromatic nitrogens is 2. The highest BCUT2D eigenvalue weighted by molar-refractivity contribution is 6.31. The number of ether oxygens (including phenoxy) is 1. The molecule has 0 N–H and O–H groups in total. The Labute approximate surface area is 192 Å². The predicted molar refractivity (Wildman–Crippen MR) is 121 cm³/mol. The van der Waals surface area contributed by atoms with Crippen LogP contribution in [0, 0.1) is 5.82 Å². The van der Waals surface area contributed by atoms with Gasteiger partial charge in [-0.1, -0.05) is 35.9 Å². The molecule has 1 amide bonds. The Morgan fingerprint density at radius 1 is 1.16 bits per heavy atom. The van der Waals surface area contributed by atoms with Gasteiger partial charge in [0.05, 0.1) is 26.3 Å². The minimum Gasteiger partial charge on any atom is -0.379 e. The zero-order valence-corrected chi connectivity index (χ0v) is 18.5. The van der Waals surface area contributed by atoms with Crippen LogP contribution in [0.5, 0.6) is 0 Å². The molecule has 168 valence electrons. The van der Waals surface area contributed by atoms with Gasteiger partial charge in [-0.25, -0.2) is 9.37 Å². The van der Waals surface area contributed by atoms with E-state index in [1.54, 1.807) is 23.2 Å². The molecule has 0 bridgehead atoms. The van der Waals surface area contributed by atoms with E-state index < -0.39 is 5.82 Å². The lowest BCUT2D eigenvalue weighted by atomic mass is 10.2. The number of benzene rings is 2. The monoisotopic (exact) mass is 456 g/mol. The zero-order chi connectivity index (χ0) is 22.3. The van der Waals surface area contributed by atoms with E-state index in [4.69, 9.17) is 16.3 Å². The van der Waals surface area contributed by atoms with Gasteiger partial charge in [-0.15, -0.1) is 0 Å². The van der Waals surface area contributed by atoms with Crippen molar-refractivity contribution in [2.75, 3.05) is 39.4 Å². The first-order valence-electron chi connectivity index (χ1n) is 10.7. The van der Waals surface area contributed by atoms with Crippen LogP contribution >= 0.6 is 11.6 Å². The van der Waals surface area contributed by atoms with E-state index in [9.17, 15) is 9.18 Å². The second-order valence-electron chi connectivity index (χ2n) is 7.75. The Kier molecular flexibility index (Phi) is 7.52. The lowest BCUT2D eigenvalue weighted by molar-refractivity contribution is 0.0318. The molecule has 1 aliphatic heterocycles. The molecule has 0 unspecified atom stereocenters. The third kappa shape index (κ3) is 5.73. The molecule has 0 spiro atoms. The number of morpholine rings is 1. The van der Waals surface area contributed by atoms with Gasteiger partial charge in [-0.3, -0.25) is 9.69 Å². The average Bonchev–Trinajstić information content (AvgIpc) is 3.25. The summed E-state index contributed by atoms with van der Waals surface area (Å²) >= 11 is 6.33. The summed E-state index contributed by atoms with van der Waals surface area (Å²) in [6.45, 7) is 5.16. The molecule has 32 heavy (non-hydrogen) atoms. The number of carbonyl (C=O) groups excluding carboxylic acids is 1. The second-order valence-corrected chi connectivity index (χ2v) is 8.16. The third-order valence-corrected chi connectivity index (χ3v) is 5.95. The number of carbonyl (C=O) groups is 1. The molecule has 1 aromatic heterocycles. The summed E-state index contributed by atoms with van der Waals surface area (Å²) in [5.74, 6) is 0.103. The lowest BCUT2D eigenvalue weighted by Crippen LogP contribution is -2.43. The van der Waals surface area contributed by atoms with Gasteiger partial charge in [-0.05, 0) is 29.8 Å². The summed E-state index contributed by atoms with van der Waals surface area (Å²) in [5, 5.41) is 0.687. The highest BCUT2D eigenvalue weighted by Gasteiger charge is 2.21. The first-order valence-corrected chi connectivity index (χ1v) is 11.1. The number of nitrogens with zero attached hydrogens (tertiary/aromatic N) is 4. The van der Waals surface area contributed by atoms with Crippen molar-refractivity contribution in [3.63, 3.8) is 0 Å². The van der Waals surface area contributed by atoms with Crippen LogP contribution in [0.15, 0.2) is 60.9 Å². The number of halogens is 2. The summed E-state index contributed by atoms with van der Waals surface area (Å²) in [4.78, 5) is 21.8. The Hall–Kier alpha value is -2.74. The van der Waals surface area contributed by atoms with Crippen LogP contribution in [0.3, 0.4) is 0 Å². The highest BCUT2D eigenvalue weighted by atomic mass is 35.5. The molecule has 0 saturated carbocycles. The molecule has 1 saturated heterocycles. The molecule has 8 heteroatoms. The minimum absolute atomic E-state index is 0.218. The molecule has 2 heterocycles. The number of hydrogen-bond donors (Lipinski definition) is 0. The van der Waals surface area contributed by atoms with Crippen molar-refractivity contribution in [3.8, 4) is 0 Å². The zero-order valence-electron chi connectivity index (χ0n) is 17.8. The second kappa shape index (κ2) is 10.7. The van der Waals surface area contributed by atoms with Gasteiger partial charge in [-0.2, -0.15) is 0 Å². The largest absolute Gasteiger partial charge is 0.379 e. The molecular weight excluding hydrogens is 431 g/mol. The minimum atomic E-state index is -0.427. The topological polar surface area (TPSA) is 50.6 Å². The van der Waals surface area contributed by atoms with Crippen LogP contribution in [0.1, 0.15) is 21.7 Å². The summed E-state index contributed by atoms with van der Waals surface area (Å²) in [7, 11) is 0. The fraction of sp³-hybridized carbons (Fsp3) is 0.333. The van der Waals surface area contributed by atoms with E-state index in [2.05, 4.69) is 9.88 Å². The van der Waals surface area contributed by atoms with Crippen molar-refractivity contribution in [2.45, 2.75) is 13.1 Å². The van der Waals surface area contributed by atoms with Crippen molar-refractivity contribution in [3.05, 3.63) is 88.7 Å². The molecule has 1 aliphatic rings. The fourth-order valence-electron chi connectivity index (χ4n) is 3.76. The summed E-state index contributed by atoms with van der Waals surface area (Å²) in [6.07, 6.45) is 3.60. The molecule has 6 nitrogen and oxygen atoms in total. The van der Waals surface area contributed by atoms with E-state index in [1.807, 2.05) is 35.0 Å².